The molecule has 0 aliphatic carbocycles. The summed E-state index contributed by atoms with van der Waals surface area (Å²) in [6.45, 7) is 3.75. The van der Waals surface area contributed by atoms with Crippen LogP contribution in [0.2, 0.25) is 0 Å². The molecular weight excluding hydrogens is 284 g/mol. The molecule has 0 saturated heterocycles. The number of ether oxygens (including phenoxy) is 2. The van der Waals surface area contributed by atoms with Gasteiger partial charge in [-0.1, -0.05) is 30.3 Å². The Morgan fingerprint density at radius 2 is 1.82 bits per heavy atom. The molecule has 116 valence electrons. The minimum absolute atomic E-state index is 0.0140. The smallest absolute Gasteiger partial charge is 0.359 e. The fourth-order valence-corrected chi connectivity index (χ4v) is 1.99. The van der Waals surface area contributed by atoms with Crippen molar-refractivity contribution in [3.63, 3.8) is 0 Å². The van der Waals surface area contributed by atoms with Crippen LogP contribution in [-0.4, -0.2) is 28.3 Å². The molecule has 0 spiro atoms. The van der Waals surface area contributed by atoms with Crippen molar-refractivity contribution in [2.45, 2.75) is 20.5 Å². The van der Waals surface area contributed by atoms with Gasteiger partial charge in [-0.05, 0) is 19.4 Å². The molecule has 1 heterocycles. The molecule has 6 heteroatoms. The minimum Gasteiger partial charge on any atom is -0.461 e. The lowest BCUT2D eigenvalue weighted by Crippen LogP contribution is -2.14. The van der Waals surface area contributed by atoms with E-state index in [4.69, 9.17) is 9.47 Å². The molecule has 0 unspecified atom stereocenters. The summed E-state index contributed by atoms with van der Waals surface area (Å²) in [5, 5.41) is 4.05. The molecule has 0 fully saturated rings. The maximum atomic E-state index is 12.3. The normalized spacial score (nSPS) is 10.3. The van der Waals surface area contributed by atoms with E-state index in [1.807, 2.05) is 30.3 Å². The van der Waals surface area contributed by atoms with Gasteiger partial charge in [-0.3, -0.25) is 4.68 Å². The number of esters is 2. The van der Waals surface area contributed by atoms with E-state index in [-0.39, 0.29) is 24.5 Å². The summed E-state index contributed by atoms with van der Waals surface area (Å²) < 4.78 is 11.7. The van der Waals surface area contributed by atoms with Crippen LogP contribution in [0.3, 0.4) is 0 Å². The third kappa shape index (κ3) is 3.33. The van der Waals surface area contributed by atoms with Crippen molar-refractivity contribution in [3.05, 3.63) is 52.8 Å². The van der Waals surface area contributed by atoms with Gasteiger partial charge in [0, 0.05) is 7.05 Å². The molecule has 2 rings (SSSR count). The van der Waals surface area contributed by atoms with Gasteiger partial charge in [0.2, 0.25) is 0 Å². The van der Waals surface area contributed by atoms with Gasteiger partial charge in [0.1, 0.15) is 12.2 Å². The largest absolute Gasteiger partial charge is 0.461 e. The Kier molecular flexibility index (Phi) is 4.93. The number of rotatable bonds is 5. The number of hydrogen-bond acceptors (Lipinski definition) is 5. The van der Waals surface area contributed by atoms with Crippen LogP contribution in [0.5, 0.6) is 0 Å². The van der Waals surface area contributed by atoms with E-state index in [0.29, 0.717) is 5.69 Å². The van der Waals surface area contributed by atoms with Crippen molar-refractivity contribution in [2.24, 2.45) is 7.05 Å². The standard InChI is InChI=1S/C16H18N2O4/c1-4-21-16(20)14-13(11(2)18(3)17-14)15(19)22-10-12-8-6-5-7-9-12/h5-9H,4,10H2,1-3H3. The molecule has 22 heavy (non-hydrogen) atoms. The second kappa shape index (κ2) is 6.89. The Balaban J connectivity index is 2.20. The first-order valence-electron chi connectivity index (χ1n) is 6.96. The third-order valence-corrected chi connectivity index (χ3v) is 3.22. The number of aromatic nitrogens is 2. The fourth-order valence-electron chi connectivity index (χ4n) is 1.99. The van der Waals surface area contributed by atoms with E-state index in [1.54, 1.807) is 20.9 Å². The Hall–Kier alpha value is -2.63. The summed E-state index contributed by atoms with van der Waals surface area (Å²) in [6.07, 6.45) is 0. The van der Waals surface area contributed by atoms with Gasteiger partial charge < -0.3 is 9.47 Å². The highest BCUT2D eigenvalue weighted by molar-refractivity contribution is 6.02. The highest BCUT2D eigenvalue weighted by atomic mass is 16.5. The first-order valence-corrected chi connectivity index (χ1v) is 6.96. The SMILES string of the molecule is CCOC(=O)c1nn(C)c(C)c1C(=O)OCc1ccccc1. The molecule has 1 aromatic heterocycles. The lowest BCUT2D eigenvalue weighted by Gasteiger charge is -2.06. The molecule has 0 bridgehead atoms. The van der Waals surface area contributed by atoms with Crippen LogP contribution in [0.1, 0.15) is 39.0 Å². The van der Waals surface area contributed by atoms with Gasteiger partial charge in [0.15, 0.2) is 5.69 Å². The van der Waals surface area contributed by atoms with Crippen LogP contribution in [0, 0.1) is 6.92 Å². The third-order valence-electron chi connectivity index (χ3n) is 3.22. The number of benzene rings is 1. The zero-order valence-corrected chi connectivity index (χ0v) is 12.8. The molecule has 6 nitrogen and oxygen atoms in total. The molecule has 2 aromatic rings. The van der Waals surface area contributed by atoms with E-state index >= 15 is 0 Å². The van der Waals surface area contributed by atoms with Crippen LogP contribution in [0.15, 0.2) is 30.3 Å². The molecule has 0 aliphatic heterocycles. The van der Waals surface area contributed by atoms with Gasteiger partial charge in [0.25, 0.3) is 0 Å². The quantitative estimate of drug-likeness (QED) is 0.792. The maximum absolute atomic E-state index is 12.3. The molecule has 0 atom stereocenters. The van der Waals surface area contributed by atoms with E-state index in [1.165, 1.54) is 4.68 Å². The Morgan fingerprint density at radius 3 is 2.45 bits per heavy atom. The monoisotopic (exact) mass is 302 g/mol. The van der Waals surface area contributed by atoms with Gasteiger partial charge in [0.05, 0.1) is 12.3 Å². The first kappa shape index (κ1) is 15.8. The van der Waals surface area contributed by atoms with Crippen molar-refractivity contribution in [2.75, 3.05) is 6.61 Å². The van der Waals surface area contributed by atoms with E-state index < -0.39 is 11.9 Å². The summed E-state index contributed by atoms with van der Waals surface area (Å²) >= 11 is 0. The number of carbonyl (C=O) groups excluding carboxylic acids is 2. The molecule has 0 amide bonds. The van der Waals surface area contributed by atoms with Crippen LogP contribution in [-0.2, 0) is 23.1 Å². The molecule has 1 aromatic carbocycles. The maximum Gasteiger partial charge on any atom is 0.359 e. The molecule has 0 saturated carbocycles. The fraction of sp³-hybridized carbons (Fsp3) is 0.312. The number of nitrogens with zero attached hydrogens (tertiary/aromatic N) is 2. The molecular formula is C16H18N2O4. The second-order valence-electron chi connectivity index (χ2n) is 4.71. The van der Waals surface area contributed by atoms with Gasteiger partial charge in [-0.25, -0.2) is 9.59 Å². The first-order chi connectivity index (χ1) is 10.5. The second-order valence-corrected chi connectivity index (χ2v) is 4.71. The zero-order valence-electron chi connectivity index (χ0n) is 12.8. The lowest BCUT2D eigenvalue weighted by molar-refractivity contribution is 0.0442. The van der Waals surface area contributed by atoms with E-state index in [0.717, 1.165) is 5.56 Å². The number of carbonyl (C=O) groups is 2. The lowest BCUT2D eigenvalue weighted by atomic mass is 10.2. The Labute approximate surface area is 128 Å². The van der Waals surface area contributed by atoms with Crippen molar-refractivity contribution >= 4 is 11.9 Å². The van der Waals surface area contributed by atoms with E-state index in [9.17, 15) is 9.59 Å². The minimum atomic E-state index is -0.627. The van der Waals surface area contributed by atoms with Crippen LogP contribution in [0.4, 0.5) is 0 Å². The predicted molar refractivity (Wildman–Crippen MR) is 79.5 cm³/mol. The highest BCUT2D eigenvalue weighted by Gasteiger charge is 2.27. The van der Waals surface area contributed by atoms with Crippen LogP contribution in [0.25, 0.3) is 0 Å². The van der Waals surface area contributed by atoms with Crippen molar-refractivity contribution in [1.82, 2.24) is 9.78 Å². The summed E-state index contributed by atoms with van der Waals surface area (Å²) in [5.74, 6) is -1.21. The molecule has 0 N–H and O–H groups in total. The molecule has 0 radical (unpaired) electrons. The van der Waals surface area contributed by atoms with Crippen LogP contribution >= 0.6 is 0 Å². The Bertz CT molecular complexity index is 677. The Morgan fingerprint density at radius 1 is 1.14 bits per heavy atom. The summed E-state index contributed by atoms with van der Waals surface area (Å²) in [6, 6.07) is 9.33. The van der Waals surface area contributed by atoms with Gasteiger partial charge in [-0.2, -0.15) is 5.10 Å². The summed E-state index contributed by atoms with van der Waals surface area (Å²) in [5.41, 5.74) is 1.56. The molecule has 0 aliphatic rings. The van der Waals surface area contributed by atoms with Crippen LogP contribution < -0.4 is 0 Å². The average Bonchev–Trinajstić information content (AvgIpc) is 2.82. The highest BCUT2D eigenvalue weighted by Crippen LogP contribution is 2.16. The van der Waals surface area contributed by atoms with Crippen molar-refractivity contribution < 1.29 is 19.1 Å². The summed E-state index contributed by atoms with van der Waals surface area (Å²) in [4.78, 5) is 24.2. The number of aryl methyl sites for hydroxylation is 1. The average molecular weight is 302 g/mol. The topological polar surface area (TPSA) is 70.4 Å². The zero-order chi connectivity index (χ0) is 16.1. The summed E-state index contributed by atoms with van der Waals surface area (Å²) in [7, 11) is 1.66. The van der Waals surface area contributed by atoms with Gasteiger partial charge in [-0.15, -0.1) is 0 Å². The van der Waals surface area contributed by atoms with Crippen molar-refractivity contribution in [3.8, 4) is 0 Å². The predicted octanol–water partition coefficient (Wildman–Crippen LogP) is 2.26. The number of hydrogen-bond donors (Lipinski definition) is 0. The van der Waals surface area contributed by atoms with E-state index in [2.05, 4.69) is 5.10 Å². The van der Waals surface area contributed by atoms with Gasteiger partial charge >= 0.3 is 11.9 Å². The van der Waals surface area contributed by atoms with Crippen molar-refractivity contribution in [1.29, 1.82) is 0 Å².